The van der Waals surface area contributed by atoms with Crippen LogP contribution in [0, 0.1) is 0 Å². The van der Waals surface area contributed by atoms with Crippen molar-refractivity contribution in [3.8, 4) is 0 Å². The Morgan fingerprint density at radius 2 is 0.714 bits per heavy atom. The van der Waals surface area contributed by atoms with Gasteiger partial charge in [-0.05, 0) is 122 Å². The Labute approximate surface area is 297 Å². The van der Waals surface area contributed by atoms with Gasteiger partial charge in [0.15, 0.2) is 0 Å². The van der Waals surface area contributed by atoms with Gasteiger partial charge in [-0.15, -0.1) is 0 Å². The van der Waals surface area contributed by atoms with E-state index in [9.17, 15) is 14.4 Å². The van der Waals surface area contributed by atoms with Gasteiger partial charge in [-0.2, -0.15) is 0 Å². The molecule has 3 heterocycles. The van der Waals surface area contributed by atoms with Crippen molar-refractivity contribution in [3.05, 3.63) is 30.3 Å². The lowest BCUT2D eigenvalue weighted by atomic mass is 9.78. The fourth-order valence-corrected chi connectivity index (χ4v) is 14.0. The zero-order valence-electron chi connectivity index (χ0n) is 33.2. The van der Waals surface area contributed by atoms with Crippen LogP contribution in [0.4, 0.5) is 0 Å². The van der Waals surface area contributed by atoms with E-state index in [1.807, 2.05) is 32.9 Å². The fraction of sp³-hybridized carbons (Fsp3) is 0.769. The van der Waals surface area contributed by atoms with Crippen molar-refractivity contribution < 1.29 is 27.7 Å². The molecule has 0 unspecified atom stereocenters. The van der Waals surface area contributed by atoms with Gasteiger partial charge in [0.05, 0.1) is 18.3 Å². The van der Waals surface area contributed by atoms with Crippen LogP contribution >= 0.6 is 0 Å². The summed E-state index contributed by atoms with van der Waals surface area (Å²) in [4.78, 5) is 44.8. The molecule has 0 spiro atoms. The maximum absolute atomic E-state index is 12.9. The van der Waals surface area contributed by atoms with Gasteiger partial charge in [-0.3, -0.25) is 14.4 Å². The summed E-state index contributed by atoms with van der Waals surface area (Å²) in [6, 6.07) is 10.1. The highest BCUT2D eigenvalue weighted by molar-refractivity contribution is 6.75. The number of carbonyl (C=O) groups excluding carboxylic acids is 3. The molecule has 3 fully saturated rings. The molecule has 3 aliphatic heterocycles. The van der Waals surface area contributed by atoms with Gasteiger partial charge in [0.2, 0.25) is 17.7 Å². The number of amides is 3. The van der Waals surface area contributed by atoms with Crippen LogP contribution in [0.25, 0.3) is 0 Å². The van der Waals surface area contributed by atoms with E-state index in [0.717, 1.165) is 5.19 Å². The first-order chi connectivity index (χ1) is 22.2. The summed E-state index contributed by atoms with van der Waals surface area (Å²) in [6.45, 7) is 30.3. The van der Waals surface area contributed by atoms with Crippen LogP contribution in [-0.2, 0) is 27.7 Å². The van der Waals surface area contributed by atoms with E-state index in [2.05, 4.69) is 95.2 Å². The lowest BCUT2D eigenvalue weighted by molar-refractivity contribution is -0.160. The van der Waals surface area contributed by atoms with E-state index in [4.69, 9.17) is 13.3 Å². The predicted octanol–water partition coefficient (Wildman–Crippen LogP) is 6.59. The summed E-state index contributed by atoms with van der Waals surface area (Å²) in [6.07, 6.45) is 3.03. The van der Waals surface area contributed by atoms with Crippen molar-refractivity contribution in [1.82, 2.24) is 14.7 Å². The van der Waals surface area contributed by atoms with Crippen LogP contribution in [0.3, 0.4) is 0 Å². The molecule has 0 saturated carbocycles. The molecular weight excluding hydrogens is 635 g/mol. The Morgan fingerprint density at radius 3 is 0.918 bits per heavy atom. The first-order valence-corrected chi connectivity index (χ1v) is 19.9. The minimum atomic E-state index is -3.77. The molecule has 0 aliphatic carbocycles. The molecule has 0 N–H and O–H groups in total. The lowest BCUT2D eigenvalue weighted by Gasteiger charge is -2.58. The smallest absolute Gasteiger partial charge is 0.367 e. The van der Waals surface area contributed by atoms with Gasteiger partial charge >= 0.3 is 8.80 Å². The highest BCUT2D eigenvalue weighted by Crippen LogP contribution is 2.45. The summed E-state index contributed by atoms with van der Waals surface area (Å²) >= 11 is 0. The highest BCUT2D eigenvalue weighted by Gasteiger charge is 2.58. The number of carbonyl (C=O) groups is 3. The van der Waals surface area contributed by atoms with Gasteiger partial charge in [-0.25, -0.2) is 0 Å². The third kappa shape index (κ3) is 7.97. The molecule has 0 radical (unpaired) electrons. The SMILES string of the molecule is CC(=O)N1C(C)(C)CC(O[Si](OC2CC(C)(C)N(C(C)=O)C(C)(C)C2)(OC2CC(C)(C)N(C(C)=O)C(C)(C)C2)c2ccccc2)CC1(C)C. The van der Waals surface area contributed by atoms with Crippen molar-refractivity contribution in [3.63, 3.8) is 0 Å². The minimum absolute atomic E-state index is 0.0518. The molecule has 3 amide bonds. The molecule has 0 aromatic heterocycles. The lowest BCUT2D eigenvalue weighted by Crippen LogP contribution is -2.70. The van der Waals surface area contributed by atoms with Crippen LogP contribution < -0.4 is 5.19 Å². The zero-order valence-corrected chi connectivity index (χ0v) is 34.2. The highest BCUT2D eigenvalue weighted by atomic mass is 28.4. The third-order valence-electron chi connectivity index (χ3n) is 11.0. The van der Waals surface area contributed by atoms with E-state index < -0.39 is 42.0 Å². The second kappa shape index (κ2) is 13.0. The molecule has 10 heteroatoms. The van der Waals surface area contributed by atoms with Crippen molar-refractivity contribution >= 4 is 31.7 Å². The number of piperidine rings is 3. The van der Waals surface area contributed by atoms with Crippen LogP contribution in [0.1, 0.15) is 142 Å². The van der Waals surface area contributed by atoms with Crippen molar-refractivity contribution in [2.75, 3.05) is 0 Å². The number of nitrogens with zero attached hydrogens (tertiary/aromatic N) is 3. The molecular formula is C39H65N3O6Si. The number of benzene rings is 1. The van der Waals surface area contributed by atoms with Crippen LogP contribution in [0.5, 0.6) is 0 Å². The first kappa shape index (κ1) is 39.5. The Morgan fingerprint density at radius 1 is 0.490 bits per heavy atom. The van der Waals surface area contributed by atoms with Crippen LogP contribution in [-0.4, -0.2) is 92.8 Å². The predicted molar refractivity (Wildman–Crippen MR) is 196 cm³/mol. The van der Waals surface area contributed by atoms with E-state index in [0.29, 0.717) is 38.5 Å². The van der Waals surface area contributed by atoms with E-state index in [-0.39, 0.29) is 36.0 Å². The third-order valence-corrected chi connectivity index (χ3v) is 14.0. The summed E-state index contributed by atoms with van der Waals surface area (Å²) in [5.74, 6) is 0.155. The number of rotatable bonds is 7. The number of hydrogen-bond acceptors (Lipinski definition) is 6. The molecule has 4 rings (SSSR count). The quantitative estimate of drug-likeness (QED) is 0.299. The maximum atomic E-state index is 12.9. The molecule has 276 valence electrons. The summed E-state index contributed by atoms with van der Waals surface area (Å²) in [5, 5.41) is 0.897. The van der Waals surface area contributed by atoms with Crippen molar-refractivity contribution in [1.29, 1.82) is 0 Å². The number of likely N-dealkylation sites (tertiary alicyclic amines) is 3. The first-order valence-electron chi connectivity index (χ1n) is 18.2. The van der Waals surface area contributed by atoms with E-state index in [1.165, 1.54) is 0 Å². The second-order valence-electron chi connectivity index (χ2n) is 18.8. The largest absolute Gasteiger partial charge is 0.537 e. The molecule has 0 atom stereocenters. The van der Waals surface area contributed by atoms with Gasteiger partial charge in [0, 0.05) is 59.2 Å². The average molecular weight is 700 g/mol. The minimum Gasteiger partial charge on any atom is -0.367 e. The van der Waals surface area contributed by atoms with E-state index >= 15 is 0 Å². The Balaban J connectivity index is 1.85. The van der Waals surface area contributed by atoms with Crippen molar-refractivity contribution in [2.24, 2.45) is 0 Å². The second-order valence-corrected chi connectivity index (χ2v) is 21.2. The summed E-state index contributed by atoms with van der Waals surface area (Å²) in [5.41, 5.74) is -2.73. The normalized spacial score (nSPS) is 25.2. The summed E-state index contributed by atoms with van der Waals surface area (Å²) < 4.78 is 22.5. The molecule has 1 aromatic rings. The van der Waals surface area contributed by atoms with Gasteiger partial charge < -0.3 is 28.0 Å². The average Bonchev–Trinajstić information content (AvgIpc) is 2.83. The maximum Gasteiger partial charge on any atom is 0.537 e. The topological polar surface area (TPSA) is 88.6 Å². The molecule has 9 nitrogen and oxygen atoms in total. The standard InChI is InChI=1S/C39H65N3O6Si/c1-27(43)40-34(4,5)21-30(22-35(40,6)7)46-49(33-19-17-16-18-20-33,47-31-23-36(8,9)41(28(2)44)37(10,11)24-31)48-32-25-38(12,13)42(29(3)45)39(14,15)26-32/h16-20,30-32H,21-26H2,1-15H3. The van der Waals surface area contributed by atoms with Gasteiger partial charge in [0.25, 0.3) is 0 Å². The monoisotopic (exact) mass is 699 g/mol. The Bertz CT molecular complexity index is 1210. The van der Waals surface area contributed by atoms with Gasteiger partial charge in [-0.1, -0.05) is 30.3 Å². The molecule has 3 saturated heterocycles. The fourth-order valence-electron chi connectivity index (χ4n) is 11.0. The zero-order chi connectivity index (χ0) is 37.2. The van der Waals surface area contributed by atoms with Crippen molar-refractivity contribution in [2.45, 2.75) is 194 Å². The Kier molecular flexibility index (Phi) is 10.5. The van der Waals surface area contributed by atoms with Gasteiger partial charge in [0.1, 0.15) is 0 Å². The molecule has 49 heavy (non-hydrogen) atoms. The summed E-state index contributed by atoms with van der Waals surface area (Å²) in [7, 11) is -3.77. The molecule has 3 aliphatic rings. The molecule has 0 bridgehead atoms. The Hall–Kier alpha value is -2.27. The molecule has 1 aromatic carbocycles. The van der Waals surface area contributed by atoms with Crippen LogP contribution in [0.15, 0.2) is 30.3 Å². The van der Waals surface area contributed by atoms with E-state index in [1.54, 1.807) is 20.8 Å². The van der Waals surface area contributed by atoms with Crippen LogP contribution in [0.2, 0.25) is 0 Å². The number of hydrogen-bond donors (Lipinski definition) is 0.